The van der Waals surface area contributed by atoms with Crippen LogP contribution in [0.1, 0.15) is 60.3 Å². The third-order valence-electron chi connectivity index (χ3n) is 7.11. The first-order valence-corrected chi connectivity index (χ1v) is 12.4. The first kappa shape index (κ1) is 26.8. The minimum atomic E-state index is -0.596. The fraction of sp³-hybridized carbons (Fsp3) is 0.680. The molecule has 2 bridgehead atoms. The molecule has 1 aromatic carbocycles. The first-order chi connectivity index (χ1) is 15.0. The Balaban J connectivity index is 0.000000227. The highest BCUT2D eigenvalue weighted by atomic mass is 32.2. The summed E-state index contributed by atoms with van der Waals surface area (Å²) in [6.45, 7) is 10.6. The second-order valence-electron chi connectivity index (χ2n) is 10.2. The van der Waals surface area contributed by atoms with Crippen LogP contribution < -0.4 is 11.1 Å². The maximum Gasteiger partial charge on any atom is 0.223 e. The van der Waals surface area contributed by atoms with Crippen LogP contribution in [0.2, 0.25) is 0 Å². The number of likely N-dealkylation sites (N-methyl/N-ethyl adjacent to an activating group) is 1. The van der Waals surface area contributed by atoms with E-state index in [1.54, 1.807) is 18.2 Å². The van der Waals surface area contributed by atoms with Gasteiger partial charge in [0.1, 0.15) is 12.1 Å². The van der Waals surface area contributed by atoms with E-state index >= 15 is 0 Å². The van der Waals surface area contributed by atoms with Gasteiger partial charge < -0.3 is 15.8 Å². The van der Waals surface area contributed by atoms with E-state index in [0.717, 1.165) is 25.0 Å². The molecule has 5 unspecified atom stereocenters. The molecule has 2 fully saturated rings. The molecule has 7 heteroatoms. The number of rotatable bonds is 7. The van der Waals surface area contributed by atoms with Crippen molar-refractivity contribution in [1.29, 1.82) is 0 Å². The molecule has 0 aliphatic heterocycles. The van der Waals surface area contributed by atoms with Gasteiger partial charge in [0.25, 0.3) is 0 Å². The van der Waals surface area contributed by atoms with Crippen molar-refractivity contribution in [1.82, 2.24) is 9.62 Å². The summed E-state index contributed by atoms with van der Waals surface area (Å²) in [5.74, 6) is 1.70. The molecule has 0 saturated heterocycles. The van der Waals surface area contributed by atoms with Crippen molar-refractivity contribution in [2.45, 2.75) is 76.8 Å². The molecule has 5 atom stereocenters. The zero-order chi connectivity index (χ0) is 24.1. The summed E-state index contributed by atoms with van der Waals surface area (Å²) in [6, 6.07) is 7.14. The first-order valence-electron chi connectivity index (χ1n) is 11.6. The second-order valence-corrected chi connectivity index (χ2v) is 11.3. The van der Waals surface area contributed by atoms with Gasteiger partial charge in [0.05, 0.1) is 10.4 Å². The van der Waals surface area contributed by atoms with Crippen LogP contribution in [-0.2, 0) is 9.59 Å². The van der Waals surface area contributed by atoms with Crippen LogP contribution in [0.5, 0.6) is 0 Å². The van der Waals surface area contributed by atoms with E-state index in [1.807, 2.05) is 32.1 Å². The fourth-order valence-corrected chi connectivity index (χ4v) is 6.43. The molecule has 0 radical (unpaired) electrons. The van der Waals surface area contributed by atoms with Crippen molar-refractivity contribution >= 4 is 24.1 Å². The Bertz CT molecular complexity index is 788. The maximum absolute atomic E-state index is 13.4. The van der Waals surface area contributed by atoms with Gasteiger partial charge in [-0.1, -0.05) is 32.9 Å². The van der Waals surface area contributed by atoms with Crippen LogP contribution in [0.3, 0.4) is 0 Å². The Hall–Kier alpha value is -1.44. The van der Waals surface area contributed by atoms with Crippen LogP contribution in [0.25, 0.3) is 0 Å². The molecule has 0 aromatic heterocycles. The second kappa shape index (κ2) is 11.1. The maximum atomic E-state index is 13.4. The van der Waals surface area contributed by atoms with Gasteiger partial charge in [-0.05, 0) is 88.4 Å². The number of amides is 1. The number of hydrogen-bond donors (Lipinski definition) is 2. The zero-order valence-corrected chi connectivity index (χ0v) is 21.2. The Morgan fingerprint density at radius 1 is 1.34 bits per heavy atom. The number of nitrogens with two attached hydrogens (primary N) is 1. The van der Waals surface area contributed by atoms with E-state index in [4.69, 9.17) is 5.73 Å². The molecule has 0 spiro atoms. The number of carbonyl (C=O) groups is 2. The molecular formula is C25H40FN3O2S. The number of fused-ring (bicyclic) bond motifs is 2. The van der Waals surface area contributed by atoms with Crippen molar-refractivity contribution in [2.24, 2.45) is 28.9 Å². The lowest BCUT2D eigenvalue weighted by molar-refractivity contribution is -0.132. The predicted octanol–water partition coefficient (Wildman–Crippen LogP) is 4.65. The normalized spacial score (nSPS) is 29.8. The summed E-state index contributed by atoms with van der Waals surface area (Å²) < 4.78 is 15.3. The van der Waals surface area contributed by atoms with Crippen molar-refractivity contribution in [3.05, 3.63) is 30.1 Å². The third kappa shape index (κ3) is 6.33. The number of aldehydes is 1. The van der Waals surface area contributed by atoms with Crippen molar-refractivity contribution < 1.29 is 14.0 Å². The van der Waals surface area contributed by atoms with Gasteiger partial charge in [0.2, 0.25) is 5.91 Å². The van der Waals surface area contributed by atoms with Gasteiger partial charge in [-0.15, -0.1) is 0 Å². The van der Waals surface area contributed by atoms with Crippen molar-refractivity contribution in [3.8, 4) is 0 Å². The van der Waals surface area contributed by atoms with Crippen LogP contribution in [0, 0.1) is 29.0 Å². The van der Waals surface area contributed by atoms with E-state index in [0.29, 0.717) is 29.3 Å². The highest BCUT2D eigenvalue weighted by molar-refractivity contribution is 7.97. The Labute approximate surface area is 197 Å². The SMILES string of the molecule is CCN(Sc1ccccc1F)C(C)(C)C=O.CNC1C(C)CC2CC1CC(C)(C(N)=O)C2. The molecule has 3 N–H and O–H groups in total. The highest BCUT2D eigenvalue weighted by Crippen LogP contribution is 2.50. The molecule has 1 amide bonds. The molecule has 32 heavy (non-hydrogen) atoms. The van der Waals surface area contributed by atoms with Crippen molar-refractivity contribution in [3.63, 3.8) is 0 Å². The van der Waals surface area contributed by atoms with Gasteiger partial charge in [0.15, 0.2) is 0 Å². The average Bonchev–Trinajstić information content (AvgIpc) is 2.73. The van der Waals surface area contributed by atoms with E-state index in [2.05, 4.69) is 19.2 Å². The summed E-state index contributed by atoms with van der Waals surface area (Å²) in [7, 11) is 2.04. The molecule has 2 aliphatic carbocycles. The summed E-state index contributed by atoms with van der Waals surface area (Å²) in [6.07, 6.45) is 5.36. The number of halogens is 1. The number of hydrogen-bond acceptors (Lipinski definition) is 5. The summed E-state index contributed by atoms with van der Waals surface area (Å²) in [5.41, 5.74) is 4.71. The van der Waals surface area contributed by atoms with Crippen LogP contribution >= 0.6 is 11.9 Å². The molecule has 5 nitrogen and oxygen atoms in total. The average molecular weight is 466 g/mol. The van der Waals surface area contributed by atoms with Crippen LogP contribution in [-0.4, -0.2) is 41.7 Å². The van der Waals surface area contributed by atoms with Gasteiger partial charge in [-0.3, -0.25) is 4.79 Å². The Morgan fingerprint density at radius 2 is 2.00 bits per heavy atom. The molecule has 0 heterocycles. The van der Waals surface area contributed by atoms with Crippen molar-refractivity contribution in [2.75, 3.05) is 13.6 Å². The largest absolute Gasteiger partial charge is 0.369 e. The monoisotopic (exact) mass is 465 g/mol. The van der Waals surface area contributed by atoms with Gasteiger partial charge >= 0.3 is 0 Å². The minimum Gasteiger partial charge on any atom is -0.369 e. The number of nitrogens with zero attached hydrogens (tertiary/aromatic N) is 1. The fourth-order valence-electron chi connectivity index (χ4n) is 5.49. The van der Waals surface area contributed by atoms with E-state index in [9.17, 15) is 14.0 Å². The molecule has 1 aromatic rings. The standard InChI is InChI=1S/C13H24N2O.C12H16FNOS/c1-8-4-9-5-10(11(8)15-3)7-13(2,6-9)12(14)16;1-4-14(12(2,3)9-15)16-11-8-6-5-7-10(11)13/h8-11,15H,4-7H2,1-3H3,(H2,14,16);5-9H,4H2,1-3H3. The van der Waals surface area contributed by atoms with Crippen LogP contribution in [0.15, 0.2) is 29.2 Å². The highest BCUT2D eigenvalue weighted by Gasteiger charge is 2.47. The number of primary amides is 1. The van der Waals surface area contributed by atoms with E-state index in [1.165, 1.54) is 30.9 Å². The molecular weight excluding hydrogens is 425 g/mol. The zero-order valence-electron chi connectivity index (χ0n) is 20.4. The number of nitrogens with one attached hydrogen (secondary N) is 1. The number of benzene rings is 1. The molecule has 2 aliphatic rings. The summed E-state index contributed by atoms with van der Waals surface area (Å²) in [5, 5.41) is 3.43. The lowest BCUT2D eigenvalue weighted by atomic mass is 9.57. The lowest BCUT2D eigenvalue weighted by Crippen LogP contribution is -2.52. The van der Waals surface area contributed by atoms with Crippen LogP contribution in [0.4, 0.5) is 4.39 Å². The molecule has 180 valence electrons. The van der Waals surface area contributed by atoms with E-state index < -0.39 is 5.54 Å². The van der Waals surface area contributed by atoms with E-state index in [-0.39, 0.29) is 17.1 Å². The van der Waals surface area contributed by atoms with Gasteiger partial charge in [-0.2, -0.15) is 0 Å². The topological polar surface area (TPSA) is 75.4 Å². The Kier molecular flexibility index (Phi) is 9.32. The molecule has 2 saturated carbocycles. The Morgan fingerprint density at radius 3 is 2.53 bits per heavy atom. The smallest absolute Gasteiger partial charge is 0.223 e. The minimum absolute atomic E-state index is 0.105. The molecule has 3 rings (SSSR count). The van der Waals surface area contributed by atoms with Gasteiger partial charge in [0, 0.05) is 18.0 Å². The van der Waals surface area contributed by atoms with Gasteiger partial charge in [-0.25, -0.2) is 8.70 Å². The summed E-state index contributed by atoms with van der Waals surface area (Å²) in [4.78, 5) is 23.1. The third-order valence-corrected chi connectivity index (χ3v) is 8.58. The summed E-state index contributed by atoms with van der Waals surface area (Å²) >= 11 is 1.27. The quantitative estimate of drug-likeness (QED) is 0.453. The lowest BCUT2D eigenvalue weighted by Gasteiger charge is -2.49. The number of carbonyl (C=O) groups excluding carboxylic acids is 2. The predicted molar refractivity (Wildman–Crippen MR) is 130 cm³/mol.